The van der Waals surface area contributed by atoms with Gasteiger partial charge >= 0.3 is 12.2 Å². The number of carbonyl (C=O) groups is 2. The number of alkyl carbamates (subject to hydrolysis) is 1. The molecule has 1 fully saturated rings. The molecule has 0 saturated carbocycles. The minimum Gasteiger partial charge on any atom is -0.445 e. The average Bonchev–Trinajstić information content (AvgIpc) is 2.73. The van der Waals surface area contributed by atoms with E-state index in [4.69, 9.17) is 9.47 Å². The third-order valence-electron chi connectivity index (χ3n) is 2.90. The van der Waals surface area contributed by atoms with Gasteiger partial charge in [-0.3, -0.25) is 0 Å². The topological polar surface area (TPSA) is 88.1 Å². The van der Waals surface area contributed by atoms with E-state index in [1.165, 1.54) is 11.0 Å². The van der Waals surface area contributed by atoms with Gasteiger partial charge in [0, 0.05) is 19.0 Å². The summed E-state index contributed by atoms with van der Waals surface area (Å²) in [5.74, 6) is -0.242. The molecular weight excluding hydrogens is 276 g/mol. The summed E-state index contributed by atoms with van der Waals surface area (Å²) in [5, 5.41) is 12.5. The highest BCUT2D eigenvalue weighted by atomic mass is 16.6. The lowest BCUT2D eigenvalue weighted by Gasteiger charge is -2.24. The van der Waals surface area contributed by atoms with Crippen LogP contribution in [0.25, 0.3) is 0 Å². The molecule has 2 amide bonds. The number of β-amino-alcohol motifs (C(OH)–C–C–N with tert-alkyl or cyclic N) is 1. The van der Waals surface area contributed by atoms with Crippen LogP contribution >= 0.6 is 0 Å². The average molecular weight is 300 g/mol. The van der Waals surface area contributed by atoms with Crippen molar-refractivity contribution in [1.29, 1.82) is 0 Å². The van der Waals surface area contributed by atoms with Gasteiger partial charge in [0.25, 0.3) is 0 Å². The van der Waals surface area contributed by atoms with Crippen LogP contribution < -0.4 is 5.32 Å². The van der Waals surface area contributed by atoms with Crippen molar-refractivity contribution in [2.45, 2.75) is 32.5 Å². The van der Waals surface area contributed by atoms with Gasteiger partial charge in [0.2, 0.25) is 0 Å². The normalized spacial score (nSPS) is 21.8. The predicted molar refractivity (Wildman–Crippen MR) is 76.9 cm³/mol. The van der Waals surface area contributed by atoms with E-state index in [-0.39, 0.29) is 25.6 Å². The monoisotopic (exact) mass is 300 g/mol. The second-order valence-corrected chi connectivity index (χ2v) is 5.98. The van der Waals surface area contributed by atoms with Crippen molar-refractivity contribution < 1.29 is 24.2 Å². The number of hydrogen-bond donors (Lipinski definition) is 2. The molecule has 1 aliphatic heterocycles. The second-order valence-electron chi connectivity index (χ2n) is 5.98. The largest absolute Gasteiger partial charge is 0.445 e. The SMILES string of the molecule is C=CCOC(=O)NC[C@H]1CN(C(=O)OC(C)(C)C)C[C@H]1O. The first kappa shape index (κ1) is 17.3. The smallest absolute Gasteiger partial charge is 0.410 e. The zero-order valence-corrected chi connectivity index (χ0v) is 12.8. The van der Waals surface area contributed by atoms with Gasteiger partial charge in [-0.15, -0.1) is 0 Å². The quantitative estimate of drug-likeness (QED) is 0.760. The predicted octanol–water partition coefficient (Wildman–Crippen LogP) is 1.13. The highest BCUT2D eigenvalue weighted by Gasteiger charge is 2.36. The molecule has 21 heavy (non-hydrogen) atoms. The number of aliphatic hydroxyl groups excluding tert-OH is 1. The second kappa shape index (κ2) is 7.31. The van der Waals surface area contributed by atoms with Crippen LogP contribution in [0.4, 0.5) is 9.59 Å². The number of nitrogens with zero attached hydrogens (tertiary/aromatic N) is 1. The lowest BCUT2D eigenvalue weighted by Crippen LogP contribution is -2.36. The summed E-state index contributed by atoms with van der Waals surface area (Å²) in [6.45, 7) is 9.68. The van der Waals surface area contributed by atoms with E-state index >= 15 is 0 Å². The lowest BCUT2D eigenvalue weighted by atomic mass is 10.1. The molecule has 0 aliphatic carbocycles. The summed E-state index contributed by atoms with van der Waals surface area (Å²) in [4.78, 5) is 24.6. The Balaban J connectivity index is 2.40. The van der Waals surface area contributed by atoms with Crippen LogP contribution in [0.1, 0.15) is 20.8 Å². The minimum atomic E-state index is -0.697. The maximum atomic E-state index is 11.9. The Labute approximate surface area is 124 Å². The summed E-state index contributed by atoms with van der Waals surface area (Å²) in [5.41, 5.74) is -0.577. The van der Waals surface area contributed by atoms with Crippen LogP contribution in [0, 0.1) is 5.92 Å². The molecule has 0 aromatic heterocycles. The van der Waals surface area contributed by atoms with Crippen molar-refractivity contribution in [3.8, 4) is 0 Å². The van der Waals surface area contributed by atoms with Gasteiger partial charge in [-0.25, -0.2) is 9.59 Å². The van der Waals surface area contributed by atoms with Crippen molar-refractivity contribution in [2.75, 3.05) is 26.2 Å². The number of aliphatic hydroxyl groups is 1. The molecule has 7 nitrogen and oxygen atoms in total. The van der Waals surface area contributed by atoms with Crippen molar-refractivity contribution in [3.05, 3.63) is 12.7 Å². The van der Waals surface area contributed by atoms with E-state index in [1.54, 1.807) is 20.8 Å². The molecule has 0 unspecified atom stereocenters. The highest BCUT2D eigenvalue weighted by Crippen LogP contribution is 2.19. The lowest BCUT2D eigenvalue weighted by molar-refractivity contribution is 0.0270. The fourth-order valence-corrected chi connectivity index (χ4v) is 1.93. The number of nitrogens with one attached hydrogen (secondary N) is 1. The Morgan fingerprint density at radius 2 is 2.10 bits per heavy atom. The van der Waals surface area contributed by atoms with Crippen LogP contribution in [-0.4, -0.2) is 60.1 Å². The van der Waals surface area contributed by atoms with Crippen molar-refractivity contribution >= 4 is 12.2 Å². The Morgan fingerprint density at radius 1 is 1.43 bits per heavy atom. The van der Waals surface area contributed by atoms with Crippen molar-refractivity contribution in [1.82, 2.24) is 10.2 Å². The molecule has 120 valence electrons. The van der Waals surface area contributed by atoms with Crippen LogP contribution in [0.3, 0.4) is 0 Å². The van der Waals surface area contributed by atoms with Gasteiger partial charge in [0.1, 0.15) is 12.2 Å². The Morgan fingerprint density at radius 3 is 2.67 bits per heavy atom. The van der Waals surface area contributed by atoms with E-state index in [2.05, 4.69) is 11.9 Å². The first-order valence-electron chi connectivity index (χ1n) is 6.90. The standard InChI is InChI=1S/C14H24N2O5/c1-5-6-20-12(18)15-7-10-8-16(9-11(10)17)13(19)21-14(2,3)4/h5,10-11,17H,1,6-9H2,2-4H3,(H,15,18)/t10-,11+/m0/s1. The number of hydrogen-bond acceptors (Lipinski definition) is 5. The van der Waals surface area contributed by atoms with Crippen LogP contribution in [0.15, 0.2) is 12.7 Å². The molecule has 2 N–H and O–H groups in total. The van der Waals surface area contributed by atoms with E-state index in [0.29, 0.717) is 6.54 Å². The maximum absolute atomic E-state index is 11.9. The Kier molecular flexibility index (Phi) is 6.02. The third kappa shape index (κ3) is 6.03. The Bertz CT molecular complexity index is 391. The zero-order valence-electron chi connectivity index (χ0n) is 12.8. The van der Waals surface area contributed by atoms with Crippen LogP contribution in [-0.2, 0) is 9.47 Å². The molecule has 0 bridgehead atoms. The van der Waals surface area contributed by atoms with Crippen LogP contribution in [0.2, 0.25) is 0 Å². The number of ether oxygens (including phenoxy) is 2. The highest BCUT2D eigenvalue weighted by molar-refractivity contribution is 5.69. The van der Waals surface area contributed by atoms with Crippen molar-refractivity contribution in [3.63, 3.8) is 0 Å². The molecule has 1 heterocycles. The van der Waals surface area contributed by atoms with Gasteiger partial charge in [0.15, 0.2) is 0 Å². The molecule has 2 atom stereocenters. The zero-order chi connectivity index (χ0) is 16.0. The molecule has 1 saturated heterocycles. The van der Waals surface area contributed by atoms with E-state index < -0.39 is 23.9 Å². The maximum Gasteiger partial charge on any atom is 0.410 e. The minimum absolute atomic E-state index is 0.128. The van der Waals surface area contributed by atoms with Gasteiger partial charge in [-0.1, -0.05) is 12.7 Å². The fourth-order valence-electron chi connectivity index (χ4n) is 1.93. The number of rotatable bonds is 4. The molecule has 0 aromatic rings. The molecule has 1 rings (SSSR count). The summed E-state index contributed by atoms with van der Waals surface area (Å²) in [6, 6.07) is 0. The van der Waals surface area contributed by atoms with E-state index in [1.807, 2.05) is 0 Å². The number of amides is 2. The van der Waals surface area contributed by atoms with Gasteiger partial charge in [0.05, 0.1) is 12.6 Å². The Hall–Kier alpha value is -1.76. The molecule has 7 heteroatoms. The number of likely N-dealkylation sites (tertiary alicyclic amines) is 1. The van der Waals surface area contributed by atoms with Crippen molar-refractivity contribution in [2.24, 2.45) is 5.92 Å². The number of carbonyl (C=O) groups excluding carboxylic acids is 2. The van der Waals surface area contributed by atoms with Gasteiger partial charge in [-0.2, -0.15) is 0 Å². The fraction of sp³-hybridized carbons (Fsp3) is 0.714. The molecular formula is C14H24N2O5. The molecule has 0 spiro atoms. The van der Waals surface area contributed by atoms with Gasteiger partial charge in [-0.05, 0) is 20.8 Å². The third-order valence-corrected chi connectivity index (χ3v) is 2.90. The van der Waals surface area contributed by atoms with Gasteiger partial charge < -0.3 is 24.8 Å². The summed E-state index contributed by atoms with van der Waals surface area (Å²) in [6.07, 6.45) is -0.262. The van der Waals surface area contributed by atoms with E-state index in [9.17, 15) is 14.7 Å². The summed E-state index contributed by atoms with van der Waals surface area (Å²) >= 11 is 0. The summed E-state index contributed by atoms with van der Waals surface area (Å²) in [7, 11) is 0. The summed E-state index contributed by atoms with van der Waals surface area (Å²) < 4.78 is 10.0. The molecule has 1 aliphatic rings. The first-order chi connectivity index (χ1) is 9.73. The van der Waals surface area contributed by atoms with Crippen LogP contribution in [0.5, 0.6) is 0 Å². The first-order valence-corrected chi connectivity index (χ1v) is 6.90. The van der Waals surface area contributed by atoms with E-state index in [0.717, 1.165) is 0 Å². The molecule has 0 radical (unpaired) electrons. The molecule has 0 aromatic carbocycles.